The van der Waals surface area contributed by atoms with Crippen molar-refractivity contribution in [2.24, 2.45) is 0 Å². The van der Waals surface area contributed by atoms with Crippen molar-refractivity contribution in [1.82, 2.24) is 19.3 Å². The summed E-state index contributed by atoms with van der Waals surface area (Å²) in [7, 11) is 0. The van der Waals surface area contributed by atoms with E-state index in [2.05, 4.69) is 32.5 Å². The van der Waals surface area contributed by atoms with Crippen LogP contribution in [0.25, 0.3) is 11.2 Å². The number of thioether (sulfide) groups is 1. The molecule has 2 aromatic rings. The van der Waals surface area contributed by atoms with Gasteiger partial charge in [0.1, 0.15) is 5.52 Å². The van der Waals surface area contributed by atoms with Crippen molar-refractivity contribution in [2.45, 2.75) is 57.4 Å². The number of hydrogen-bond acceptors (Lipinski definition) is 3. The van der Waals surface area contributed by atoms with Gasteiger partial charge >= 0.3 is 0 Å². The summed E-state index contributed by atoms with van der Waals surface area (Å²) in [4.78, 5) is 3.35. The fourth-order valence-electron chi connectivity index (χ4n) is 3.36. The highest BCUT2D eigenvalue weighted by molar-refractivity contribution is 8.00. The zero-order valence-electron chi connectivity index (χ0n) is 12.4. The van der Waals surface area contributed by atoms with Crippen molar-refractivity contribution in [1.29, 1.82) is 0 Å². The number of imidazole rings is 1. The summed E-state index contributed by atoms with van der Waals surface area (Å²) in [5.74, 6) is 0. The predicted octanol–water partition coefficient (Wildman–Crippen LogP) is 3.90. The molecule has 2 aromatic heterocycles. The number of aromatic nitrogens is 4. The average Bonchev–Trinajstić information content (AvgIpc) is 3.10. The Kier molecular flexibility index (Phi) is 3.71. The standard InChI is InChI=1S/C14H22N4S2/c1-4-18-12-11(10(2)16-18)15-13(19)17(12)9-14(20-3)7-5-6-8-14/h4-9H2,1-3H3,(H,15,19). The minimum atomic E-state index is 0.351. The third-order valence-corrected chi connectivity index (χ3v) is 6.25. The van der Waals surface area contributed by atoms with Crippen LogP contribution in [0.15, 0.2) is 0 Å². The quantitative estimate of drug-likeness (QED) is 0.871. The lowest BCUT2D eigenvalue weighted by molar-refractivity contribution is 0.500. The lowest BCUT2D eigenvalue weighted by atomic mass is 10.1. The van der Waals surface area contributed by atoms with Gasteiger partial charge in [0.15, 0.2) is 10.4 Å². The molecule has 1 saturated carbocycles. The van der Waals surface area contributed by atoms with Crippen LogP contribution in [0.1, 0.15) is 38.3 Å². The Morgan fingerprint density at radius 1 is 1.40 bits per heavy atom. The third-order valence-electron chi connectivity index (χ3n) is 4.53. The van der Waals surface area contributed by atoms with Gasteiger partial charge in [0.05, 0.1) is 5.69 Å². The second kappa shape index (κ2) is 5.22. The smallest absolute Gasteiger partial charge is 0.179 e. The molecule has 0 aromatic carbocycles. The summed E-state index contributed by atoms with van der Waals surface area (Å²) in [6, 6.07) is 0. The number of fused-ring (bicyclic) bond motifs is 1. The van der Waals surface area contributed by atoms with Crippen LogP contribution in [-0.2, 0) is 13.1 Å². The first-order valence-electron chi connectivity index (χ1n) is 7.31. The molecule has 0 unspecified atom stereocenters. The minimum Gasteiger partial charge on any atom is -0.328 e. The van der Waals surface area contributed by atoms with Crippen molar-refractivity contribution < 1.29 is 0 Å². The molecule has 0 bridgehead atoms. The van der Waals surface area contributed by atoms with Crippen molar-refractivity contribution in [2.75, 3.05) is 6.26 Å². The molecular weight excluding hydrogens is 288 g/mol. The molecule has 0 atom stereocenters. The van der Waals surface area contributed by atoms with Gasteiger partial charge < -0.3 is 9.55 Å². The first kappa shape index (κ1) is 14.2. The maximum Gasteiger partial charge on any atom is 0.179 e. The number of aryl methyl sites for hydroxylation is 2. The maximum absolute atomic E-state index is 5.56. The summed E-state index contributed by atoms with van der Waals surface area (Å²) in [6.07, 6.45) is 7.51. The van der Waals surface area contributed by atoms with E-state index in [1.54, 1.807) is 0 Å². The fourth-order valence-corrected chi connectivity index (χ4v) is 4.57. The Labute approximate surface area is 128 Å². The number of aromatic amines is 1. The number of rotatable bonds is 4. The van der Waals surface area contributed by atoms with Gasteiger partial charge in [0.25, 0.3) is 0 Å². The number of hydrogen-bond donors (Lipinski definition) is 1. The van der Waals surface area contributed by atoms with Gasteiger partial charge in [-0.2, -0.15) is 16.9 Å². The Balaban J connectivity index is 2.11. The SMILES string of the molecule is CCn1nc(C)c2[nH]c(=S)n(CC3(SC)CCCC3)c21. The van der Waals surface area contributed by atoms with E-state index < -0.39 is 0 Å². The van der Waals surface area contributed by atoms with Crippen LogP contribution in [0.5, 0.6) is 0 Å². The summed E-state index contributed by atoms with van der Waals surface area (Å²) in [5.41, 5.74) is 3.30. The first-order valence-corrected chi connectivity index (χ1v) is 8.94. The van der Waals surface area contributed by atoms with E-state index in [0.29, 0.717) is 4.75 Å². The molecule has 4 nitrogen and oxygen atoms in total. The van der Waals surface area contributed by atoms with E-state index in [0.717, 1.165) is 34.7 Å². The van der Waals surface area contributed by atoms with Crippen molar-refractivity contribution in [3.63, 3.8) is 0 Å². The second-order valence-corrected chi connectivity index (χ2v) is 7.37. The molecule has 6 heteroatoms. The first-order chi connectivity index (χ1) is 9.60. The summed E-state index contributed by atoms with van der Waals surface area (Å²) in [6.45, 7) is 6.05. The highest BCUT2D eigenvalue weighted by Gasteiger charge is 2.34. The van der Waals surface area contributed by atoms with Crippen molar-refractivity contribution in [3.05, 3.63) is 10.5 Å². The van der Waals surface area contributed by atoms with E-state index in [1.807, 2.05) is 18.7 Å². The molecule has 0 spiro atoms. The molecule has 2 heterocycles. The van der Waals surface area contributed by atoms with E-state index in [1.165, 1.54) is 25.7 Å². The topological polar surface area (TPSA) is 38.5 Å². The van der Waals surface area contributed by atoms with Crippen LogP contribution >= 0.6 is 24.0 Å². The van der Waals surface area contributed by atoms with Crippen LogP contribution in [0, 0.1) is 11.7 Å². The second-order valence-electron chi connectivity index (χ2n) is 5.71. The van der Waals surface area contributed by atoms with E-state index in [4.69, 9.17) is 12.2 Å². The third kappa shape index (κ3) is 2.13. The molecule has 0 radical (unpaired) electrons. The van der Waals surface area contributed by atoms with Gasteiger partial charge in [-0.25, -0.2) is 4.68 Å². The normalized spacial score (nSPS) is 18.1. The van der Waals surface area contributed by atoms with Crippen molar-refractivity contribution in [3.8, 4) is 0 Å². The highest BCUT2D eigenvalue weighted by atomic mass is 32.2. The molecule has 20 heavy (non-hydrogen) atoms. The zero-order chi connectivity index (χ0) is 14.3. The Morgan fingerprint density at radius 3 is 2.70 bits per heavy atom. The van der Waals surface area contributed by atoms with E-state index >= 15 is 0 Å². The summed E-state index contributed by atoms with van der Waals surface area (Å²) < 4.78 is 5.53. The largest absolute Gasteiger partial charge is 0.328 e. The molecule has 1 aliphatic rings. The lowest BCUT2D eigenvalue weighted by Gasteiger charge is -2.27. The van der Waals surface area contributed by atoms with E-state index in [-0.39, 0.29) is 0 Å². The minimum absolute atomic E-state index is 0.351. The number of nitrogens with zero attached hydrogens (tertiary/aromatic N) is 3. The fraction of sp³-hybridized carbons (Fsp3) is 0.714. The molecule has 110 valence electrons. The van der Waals surface area contributed by atoms with Crippen LogP contribution in [0.3, 0.4) is 0 Å². The molecule has 1 N–H and O–H groups in total. The van der Waals surface area contributed by atoms with Crippen LogP contribution < -0.4 is 0 Å². The van der Waals surface area contributed by atoms with Gasteiger partial charge in [0.2, 0.25) is 0 Å². The Bertz CT molecular complexity index is 673. The van der Waals surface area contributed by atoms with Crippen LogP contribution in [-0.4, -0.2) is 30.3 Å². The lowest BCUT2D eigenvalue weighted by Crippen LogP contribution is -2.27. The molecule has 1 fully saturated rings. The number of H-pyrrole nitrogens is 1. The summed E-state index contributed by atoms with van der Waals surface area (Å²) >= 11 is 7.57. The maximum atomic E-state index is 5.56. The summed E-state index contributed by atoms with van der Waals surface area (Å²) in [5, 5.41) is 4.60. The van der Waals surface area contributed by atoms with Gasteiger partial charge in [-0.15, -0.1) is 0 Å². The molecule has 1 aliphatic carbocycles. The predicted molar refractivity (Wildman–Crippen MR) is 88.0 cm³/mol. The molecule has 0 aliphatic heterocycles. The Morgan fingerprint density at radius 2 is 2.10 bits per heavy atom. The molecule has 3 rings (SSSR count). The van der Waals surface area contributed by atoms with E-state index in [9.17, 15) is 0 Å². The number of nitrogens with one attached hydrogen (secondary N) is 1. The van der Waals surface area contributed by atoms with Crippen LogP contribution in [0.4, 0.5) is 0 Å². The Hall–Kier alpha value is -0.750. The average molecular weight is 310 g/mol. The van der Waals surface area contributed by atoms with Gasteiger partial charge in [-0.1, -0.05) is 12.8 Å². The monoisotopic (exact) mass is 310 g/mol. The van der Waals surface area contributed by atoms with Crippen molar-refractivity contribution >= 4 is 35.1 Å². The van der Waals surface area contributed by atoms with Gasteiger partial charge in [-0.3, -0.25) is 0 Å². The van der Waals surface area contributed by atoms with Gasteiger partial charge in [0, 0.05) is 17.8 Å². The molecule has 0 amide bonds. The zero-order valence-corrected chi connectivity index (χ0v) is 14.0. The molecular formula is C14H22N4S2. The van der Waals surface area contributed by atoms with Gasteiger partial charge in [-0.05, 0) is 45.2 Å². The molecule has 0 saturated heterocycles. The highest BCUT2D eigenvalue weighted by Crippen LogP contribution is 2.42. The van der Waals surface area contributed by atoms with Crippen LogP contribution in [0.2, 0.25) is 0 Å².